The van der Waals surface area contributed by atoms with Crippen LogP contribution in [0.3, 0.4) is 0 Å². The van der Waals surface area contributed by atoms with Gasteiger partial charge in [-0.2, -0.15) is 5.10 Å². The molecule has 0 fully saturated rings. The van der Waals surface area contributed by atoms with E-state index < -0.39 is 5.56 Å². The number of likely N-dealkylation sites (N-methyl/N-ethyl adjacent to an activating group) is 1. The van der Waals surface area contributed by atoms with Crippen LogP contribution in [0, 0.1) is 0 Å². The lowest BCUT2D eigenvalue weighted by Crippen LogP contribution is -2.20. The van der Waals surface area contributed by atoms with E-state index in [-0.39, 0.29) is 5.02 Å². The Morgan fingerprint density at radius 1 is 1.64 bits per heavy atom. The number of halogens is 1. The van der Waals surface area contributed by atoms with E-state index in [1.165, 1.54) is 6.20 Å². The Labute approximate surface area is 86.6 Å². The summed E-state index contributed by atoms with van der Waals surface area (Å²) in [5, 5.41) is 5.83. The fourth-order valence-electron chi connectivity index (χ4n) is 0.806. The van der Waals surface area contributed by atoms with Gasteiger partial charge in [0.05, 0.1) is 6.20 Å². The van der Waals surface area contributed by atoms with E-state index in [0.717, 1.165) is 6.54 Å². The molecule has 6 heteroatoms. The molecule has 5 nitrogen and oxygen atoms in total. The minimum absolute atomic E-state index is 0.0405. The van der Waals surface area contributed by atoms with Gasteiger partial charge in [-0.3, -0.25) is 4.79 Å². The summed E-state index contributed by atoms with van der Waals surface area (Å²) in [7, 11) is 3.86. The van der Waals surface area contributed by atoms with Crippen LogP contribution in [0.2, 0.25) is 5.02 Å². The van der Waals surface area contributed by atoms with Crippen LogP contribution in [0.1, 0.15) is 0 Å². The molecule has 0 aliphatic heterocycles. The average molecular weight is 218 g/mol. The van der Waals surface area contributed by atoms with Gasteiger partial charge < -0.3 is 9.64 Å². The van der Waals surface area contributed by atoms with E-state index in [9.17, 15) is 4.79 Å². The molecule has 1 N–H and O–H groups in total. The summed E-state index contributed by atoms with van der Waals surface area (Å²) in [4.78, 5) is 13.0. The zero-order chi connectivity index (χ0) is 10.6. The third-order valence-corrected chi connectivity index (χ3v) is 1.92. The topological polar surface area (TPSA) is 58.2 Å². The number of hydrogen-bond acceptors (Lipinski definition) is 4. The van der Waals surface area contributed by atoms with E-state index in [1.54, 1.807) is 0 Å². The quantitative estimate of drug-likeness (QED) is 0.792. The largest absolute Gasteiger partial charge is 0.489 e. The third kappa shape index (κ3) is 3.01. The molecular weight excluding hydrogens is 206 g/mol. The highest BCUT2D eigenvalue weighted by molar-refractivity contribution is 6.31. The fourth-order valence-corrected chi connectivity index (χ4v) is 0.952. The molecule has 1 heterocycles. The SMILES string of the molecule is CN(C)CCOc1cn[nH]c(=O)c1Cl. The Hall–Kier alpha value is -1.07. The zero-order valence-electron chi connectivity index (χ0n) is 8.08. The maximum atomic E-state index is 11.0. The molecule has 0 atom stereocenters. The van der Waals surface area contributed by atoms with Crippen LogP contribution >= 0.6 is 11.6 Å². The molecule has 1 aromatic rings. The lowest BCUT2D eigenvalue weighted by Gasteiger charge is -2.10. The first-order valence-corrected chi connectivity index (χ1v) is 4.50. The minimum atomic E-state index is -0.436. The summed E-state index contributed by atoms with van der Waals surface area (Å²) in [5.74, 6) is 0.317. The summed E-state index contributed by atoms with van der Waals surface area (Å²) >= 11 is 5.69. The smallest absolute Gasteiger partial charge is 0.286 e. The monoisotopic (exact) mass is 217 g/mol. The molecule has 0 aromatic carbocycles. The summed E-state index contributed by atoms with van der Waals surface area (Å²) in [6, 6.07) is 0. The molecule has 78 valence electrons. The number of nitrogens with one attached hydrogen (secondary N) is 1. The molecular formula is C8H12ClN3O2. The molecule has 0 spiro atoms. The molecule has 0 radical (unpaired) electrons. The van der Waals surface area contributed by atoms with Gasteiger partial charge in [0, 0.05) is 6.54 Å². The van der Waals surface area contributed by atoms with Crippen LogP contribution in [0.4, 0.5) is 0 Å². The molecule has 14 heavy (non-hydrogen) atoms. The van der Waals surface area contributed by atoms with Crippen LogP contribution in [0.15, 0.2) is 11.0 Å². The molecule has 0 unspecified atom stereocenters. The lowest BCUT2D eigenvalue weighted by molar-refractivity contribution is 0.260. The Balaban J connectivity index is 2.59. The second-order valence-corrected chi connectivity index (χ2v) is 3.41. The van der Waals surface area contributed by atoms with Crippen molar-refractivity contribution >= 4 is 11.6 Å². The molecule has 0 amide bonds. The Morgan fingerprint density at radius 2 is 2.36 bits per heavy atom. The Kier molecular flexibility index (Phi) is 3.91. The summed E-state index contributed by atoms with van der Waals surface area (Å²) < 4.78 is 5.27. The predicted octanol–water partition coefficient (Wildman–Crippen LogP) is 0.364. The van der Waals surface area contributed by atoms with Crippen LogP contribution in [0.25, 0.3) is 0 Å². The number of nitrogens with zero attached hydrogens (tertiary/aromatic N) is 2. The van der Waals surface area contributed by atoms with Gasteiger partial charge in [0.1, 0.15) is 6.61 Å². The number of H-pyrrole nitrogens is 1. The maximum Gasteiger partial charge on any atom is 0.286 e. The van der Waals surface area contributed by atoms with Crippen molar-refractivity contribution < 1.29 is 4.74 Å². The first-order valence-electron chi connectivity index (χ1n) is 4.12. The minimum Gasteiger partial charge on any atom is -0.489 e. The molecule has 0 bridgehead atoms. The molecule has 0 aliphatic carbocycles. The zero-order valence-corrected chi connectivity index (χ0v) is 8.84. The molecule has 0 saturated carbocycles. The van der Waals surface area contributed by atoms with Crippen LogP contribution in [-0.4, -0.2) is 42.3 Å². The first kappa shape index (κ1) is 11.0. The van der Waals surface area contributed by atoms with Crippen molar-refractivity contribution in [1.82, 2.24) is 15.1 Å². The second kappa shape index (κ2) is 4.97. The molecule has 1 rings (SSSR count). The summed E-state index contributed by atoms with van der Waals surface area (Å²) in [6.07, 6.45) is 1.39. The van der Waals surface area contributed by atoms with E-state index in [2.05, 4.69) is 10.2 Å². The van der Waals surface area contributed by atoms with Crippen molar-refractivity contribution in [1.29, 1.82) is 0 Å². The van der Waals surface area contributed by atoms with Gasteiger partial charge in [-0.25, -0.2) is 5.10 Å². The van der Waals surface area contributed by atoms with Crippen molar-refractivity contribution in [3.05, 3.63) is 21.6 Å². The van der Waals surface area contributed by atoms with Gasteiger partial charge in [0.2, 0.25) is 0 Å². The number of rotatable bonds is 4. The number of aromatic amines is 1. The number of ether oxygens (including phenoxy) is 1. The van der Waals surface area contributed by atoms with Crippen LogP contribution < -0.4 is 10.3 Å². The first-order chi connectivity index (χ1) is 6.61. The molecule has 1 aromatic heterocycles. The van der Waals surface area contributed by atoms with Crippen LogP contribution in [-0.2, 0) is 0 Å². The highest BCUT2D eigenvalue weighted by Gasteiger charge is 2.05. The van der Waals surface area contributed by atoms with Crippen molar-refractivity contribution in [2.24, 2.45) is 0 Å². The molecule has 0 aliphatic rings. The predicted molar refractivity (Wildman–Crippen MR) is 53.9 cm³/mol. The van der Waals surface area contributed by atoms with E-state index >= 15 is 0 Å². The van der Waals surface area contributed by atoms with Crippen molar-refractivity contribution in [2.75, 3.05) is 27.2 Å². The van der Waals surface area contributed by atoms with E-state index in [1.807, 2.05) is 19.0 Å². The summed E-state index contributed by atoms with van der Waals surface area (Å²) in [5.41, 5.74) is -0.436. The Bertz CT molecular complexity index is 351. The van der Waals surface area contributed by atoms with Gasteiger partial charge in [-0.05, 0) is 14.1 Å². The van der Waals surface area contributed by atoms with Gasteiger partial charge in [0.15, 0.2) is 10.8 Å². The van der Waals surface area contributed by atoms with Gasteiger partial charge >= 0.3 is 0 Å². The normalized spacial score (nSPS) is 10.6. The van der Waals surface area contributed by atoms with E-state index in [0.29, 0.717) is 12.4 Å². The number of hydrogen-bond donors (Lipinski definition) is 1. The fraction of sp³-hybridized carbons (Fsp3) is 0.500. The van der Waals surface area contributed by atoms with Gasteiger partial charge in [0.25, 0.3) is 5.56 Å². The second-order valence-electron chi connectivity index (χ2n) is 3.03. The highest BCUT2D eigenvalue weighted by atomic mass is 35.5. The standard InChI is InChI=1S/C8H12ClN3O2/c1-12(2)3-4-14-6-5-10-11-8(13)7(6)9/h5H,3-4H2,1-2H3,(H,11,13). The molecule has 0 saturated heterocycles. The van der Waals surface area contributed by atoms with Crippen molar-refractivity contribution in [3.63, 3.8) is 0 Å². The van der Waals surface area contributed by atoms with Gasteiger partial charge in [-0.1, -0.05) is 11.6 Å². The van der Waals surface area contributed by atoms with E-state index in [4.69, 9.17) is 16.3 Å². The maximum absolute atomic E-state index is 11.0. The van der Waals surface area contributed by atoms with Crippen LogP contribution in [0.5, 0.6) is 5.75 Å². The average Bonchev–Trinajstić information content (AvgIpc) is 2.12. The Morgan fingerprint density at radius 3 is 3.00 bits per heavy atom. The highest BCUT2D eigenvalue weighted by Crippen LogP contribution is 2.16. The summed E-state index contributed by atoms with van der Waals surface area (Å²) in [6.45, 7) is 1.22. The number of aromatic nitrogens is 2. The lowest BCUT2D eigenvalue weighted by atomic mass is 10.5. The van der Waals surface area contributed by atoms with Crippen molar-refractivity contribution in [2.45, 2.75) is 0 Å². The van der Waals surface area contributed by atoms with Crippen molar-refractivity contribution in [3.8, 4) is 5.75 Å². The van der Waals surface area contributed by atoms with Gasteiger partial charge in [-0.15, -0.1) is 0 Å². The third-order valence-electron chi connectivity index (χ3n) is 1.56.